The fraction of sp³-hybridized carbons (Fsp3) is 0.462. The second-order valence-corrected chi connectivity index (χ2v) is 9.21. The topological polar surface area (TPSA) is 52.7 Å². The van der Waals surface area contributed by atoms with Crippen LogP contribution in [-0.4, -0.2) is 47.4 Å². The second-order valence-electron chi connectivity index (χ2n) is 9.21. The number of amides is 3. The van der Waals surface area contributed by atoms with Gasteiger partial charge in [0.15, 0.2) is 0 Å². The summed E-state index contributed by atoms with van der Waals surface area (Å²) in [6, 6.07) is 16.9. The first kappa shape index (κ1) is 20.1. The zero-order chi connectivity index (χ0) is 21.4. The number of hydrogen-bond donors (Lipinski definition) is 1. The third-order valence-electron chi connectivity index (χ3n) is 7.29. The standard InChI is InChI=1S/C26H31N3O2/c1-18-9-10-21-20(16-18)12-15-28-23(21)17-24-22(25(28)30)8-5-14-29(24)26(31)27-13-11-19-6-3-2-4-7-19/h2-4,6-7,9-10,16,22-24H,5,8,11-15,17H2,1H3,(H,27,31)/t22-,23+,24-/m0/s1. The fourth-order valence-corrected chi connectivity index (χ4v) is 5.75. The molecule has 0 unspecified atom stereocenters. The minimum Gasteiger partial charge on any atom is -0.338 e. The number of nitrogens with zero attached hydrogens (tertiary/aromatic N) is 2. The number of fused-ring (bicyclic) bond motifs is 4. The molecule has 2 aromatic carbocycles. The first-order chi connectivity index (χ1) is 15.1. The van der Waals surface area contributed by atoms with E-state index in [2.05, 4.69) is 47.5 Å². The Morgan fingerprint density at radius 3 is 2.81 bits per heavy atom. The largest absolute Gasteiger partial charge is 0.338 e. The minimum absolute atomic E-state index is 0.00789. The molecule has 3 amide bonds. The molecule has 1 N–H and O–H groups in total. The van der Waals surface area contributed by atoms with E-state index in [-0.39, 0.29) is 29.9 Å². The molecule has 162 valence electrons. The molecule has 31 heavy (non-hydrogen) atoms. The lowest BCUT2D eigenvalue weighted by atomic mass is 9.76. The lowest BCUT2D eigenvalue weighted by Crippen LogP contribution is -2.61. The van der Waals surface area contributed by atoms with E-state index in [0.29, 0.717) is 6.54 Å². The zero-order valence-corrected chi connectivity index (χ0v) is 18.2. The van der Waals surface area contributed by atoms with Crippen LogP contribution in [0.25, 0.3) is 0 Å². The van der Waals surface area contributed by atoms with E-state index in [1.807, 2.05) is 23.1 Å². The van der Waals surface area contributed by atoms with Gasteiger partial charge in [-0.2, -0.15) is 0 Å². The first-order valence-corrected chi connectivity index (χ1v) is 11.6. The highest BCUT2D eigenvalue weighted by atomic mass is 16.2. The van der Waals surface area contributed by atoms with Crippen LogP contribution < -0.4 is 5.32 Å². The molecule has 2 saturated heterocycles. The van der Waals surface area contributed by atoms with Crippen molar-refractivity contribution in [2.45, 2.75) is 51.1 Å². The molecule has 3 atom stereocenters. The molecule has 0 aromatic heterocycles. The summed E-state index contributed by atoms with van der Waals surface area (Å²) in [7, 11) is 0. The average molecular weight is 418 g/mol. The molecule has 0 radical (unpaired) electrons. The quantitative estimate of drug-likeness (QED) is 0.825. The summed E-state index contributed by atoms with van der Waals surface area (Å²) in [4.78, 5) is 30.5. The SMILES string of the molecule is Cc1ccc2c(c1)CCN1C(=O)[C@H]3CCCN(C(=O)NCCc4ccccc4)[C@H]3C[C@H]21. The molecule has 2 aromatic rings. The number of carbonyl (C=O) groups excluding carboxylic acids is 2. The third-order valence-corrected chi connectivity index (χ3v) is 7.29. The zero-order valence-electron chi connectivity index (χ0n) is 18.2. The van der Waals surface area contributed by atoms with Crippen LogP contribution in [-0.2, 0) is 17.6 Å². The van der Waals surface area contributed by atoms with E-state index in [4.69, 9.17) is 0 Å². The highest BCUT2D eigenvalue weighted by Gasteiger charge is 2.48. The molecule has 0 spiro atoms. The smallest absolute Gasteiger partial charge is 0.317 e. The number of urea groups is 1. The van der Waals surface area contributed by atoms with Crippen molar-refractivity contribution in [3.8, 4) is 0 Å². The van der Waals surface area contributed by atoms with Crippen molar-refractivity contribution in [2.75, 3.05) is 19.6 Å². The normalized spacial score (nSPS) is 24.8. The average Bonchev–Trinajstić information content (AvgIpc) is 2.79. The van der Waals surface area contributed by atoms with Crippen LogP contribution in [0.15, 0.2) is 48.5 Å². The van der Waals surface area contributed by atoms with E-state index in [0.717, 1.165) is 45.2 Å². The Hall–Kier alpha value is -2.82. The Morgan fingerprint density at radius 1 is 1.13 bits per heavy atom. The first-order valence-electron chi connectivity index (χ1n) is 11.6. The van der Waals surface area contributed by atoms with E-state index in [1.54, 1.807) is 0 Å². The van der Waals surface area contributed by atoms with Gasteiger partial charge in [-0.1, -0.05) is 54.1 Å². The number of piperidine rings is 2. The van der Waals surface area contributed by atoms with E-state index in [1.165, 1.54) is 22.3 Å². The summed E-state index contributed by atoms with van der Waals surface area (Å²) in [6.07, 6.45) is 4.38. The second kappa shape index (κ2) is 8.37. The lowest BCUT2D eigenvalue weighted by molar-refractivity contribution is -0.148. The van der Waals surface area contributed by atoms with Gasteiger partial charge in [-0.05, 0) is 55.7 Å². The van der Waals surface area contributed by atoms with Gasteiger partial charge in [0.2, 0.25) is 5.91 Å². The molecule has 5 heteroatoms. The number of hydrogen-bond acceptors (Lipinski definition) is 2. The number of nitrogens with one attached hydrogen (secondary N) is 1. The Kier molecular flexibility index (Phi) is 5.43. The van der Waals surface area contributed by atoms with E-state index in [9.17, 15) is 9.59 Å². The number of aryl methyl sites for hydroxylation is 1. The Balaban J connectivity index is 1.31. The van der Waals surface area contributed by atoms with Crippen LogP contribution in [0.2, 0.25) is 0 Å². The number of rotatable bonds is 3. The van der Waals surface area contributed by atoms with Gasteiger partial charge in [0.25, 0.3) is 0 Å². The molecule has 3 heterocycles. The summed E-state index contributed by atoms with van der Waals surface area (Å²) >= 11 is 0. The summed E-state index contributed by atoms with van der Waals surface area (Å²) in [5.41, 5.74) is 5.13. The van der Waals surface area contributed by atoms with Crippen molar-refractivity contribution >= 4 is 11.9 Å². The summed E-state index contributed by atoms with van der Waals surface area (Å²) in [5, 5.41) is 3.11. The molecular weight excluding hydrogens is 386 g/mol. The molecule has 2 fully saturated rings. The van der Waals surface area contributed by atoms with Gasteiger partial charge in [0, 0.05) is 25.7 Å². The van der Waals surface area contributed by atoms with Gasteiger partial charge >= 0.3 is 6.03 Å². The van der Waals surface area contributed by atoms with Crippen molar-refractivity contribution in [1.82, 2.24) is 15.1 Å². The highest BCUT2D eigenvalue weighted by molar-refractivity contribution is 5.83. The van der Waals surface area contributed by atoms with E-state index >= 15 is 0 Å². The van der Waals surface area contributed by atoms with Crippen LogP contribution >= 0.6 is 0 Å². The molecule has 5 rings (SSSR count). The molecule has 5 nitrogen and oxygen atoms in total. The summed E-state index contributed by atoms with van der Waals surface area (Å²) < 4.78 is 0. The van der Waals surface area contributed by atoms with Gasteiger partial charge in [-0.15, -0.1) is 0 Å². The van der Waals surface area contributed by atoms with Gasteiger partial charge in [-0.25, -0.2) is 4.79 Å². The van der Waals surface area contributed by atoms with Gasteiger partial charge in [0.1, 0.15) is 0 Å². The monoisotopic (exact) mass is 417 g/mol. The molecule has 3 aliphatic heterocycles. The maximum atomic E-state index is 13.4. The molecule has 0 aliphatic carbocycles. The van der Waals surface area contributed by atoms with Crippen molar-refractivity contribution in [1.29, 1.82) is 0 Å². The van der Waals surface area contributed by atoms with E-state index < -0.39 is 0 Å². The Labute approximate surface area is 184 Å². The maximum absolute atomic E-state index is 13.4. The molecule has 0 saturated carbocycles. The number of benzene rings is 2. The van der Waals surface area contributed by atoms with Crippen LogP contribution in [0.5, 0.6) is 0 Å². The van der Waals surface area contributed by atoms with Gasteiger partial charge in [-0.3, -0.25) is 4.79 Å². The van der Waals surface area contributed by atoms with Gasteiger partial charge < -0.3 is 15.1 Å². The fourth-order valence-electron chi connectivity index (χ4n) is 5.75. The Morgan fingerprint density at radius 2 is 1.97 bits per heavy atom. The molecule has 3 aliphatic rings. The maximum Gasteiger partial charge on any atom is 0.317 e. The highest BCUT2D eigenvalue weighted by Crippen LogP contribution is 2.43. The number of carbonyl (C=O) groups is 2. The van der Waals surface area contributed by atoms with Crippen molar-refractivity contribution in [3.05, 3.63) is 70.8 Å². The van der Waals surface area contributed by atoms with Crippen molar-refractivity contribution < 1.29 is 9.59 Å². The minimum atomic E-state index is -0.0585. The van der Waals surface area contributed by atoms with Crippen LogP contribution in [0.4, 0.5) is 4.79 Å². The van der Waals surface area contributed by atoms with Crippen LogP contribution in [0.1, 0.15) is 47.6 Å². The predicted octanol–water partition coefficient (Wildman–Crippen LogP) is 3.86. The van der Waals surface area contributed by atoms with Crippen molar-refractivity contribution in [3.63, 3.8) is 0 Å². The molecular formula is C26H31N3O2. The molecule has 0 bridgehead atoms. The van der Waals surface area contributed by atoms with Gasteiger partial charge in [0.05, 0.1) is 12.0 Å². The predicted molar refractivity (Wildman–Crippen MR) is 121 cm³/mol. The lowest BCUT2D eigenvalue weighted by Gasteiger charge is -2.51. The summed E-state index contributed by atoms with van der Waals surface area (Å²) in [6.45, 7) is 4.27. The van der Waals surface area contributed by atoms with Crippen LogP contribution in [0.3, 0.4) is 0 Å². The summed E-state index contributed by atoms with van der Waals surface area (Å²) in [5.74, 6) is 0.186. The number of likely N-dealkylation sites (tertiary alicyclic amines) is 1. The third kappa shape index (κ3) is 3.82. The van der Waals surface area contributed by atoms with Crippen LogP contribution in [0, 0.1) is 12.8 Å². The van der Waals surface area contributed by atoms with Crippen molar-refractivity contribution in [2.24, 2.45) is 5.92 Å². The Bertz CT molecular complexity index is 974.